The molecule has 2 amide bonds. The molecule has 2 heterocycles. The van der Waals surface area contributed by atoms with Crippen molar-refractivity contribution in [2.24, 2.45) is 5.92 Å². The molecule has 1 saturated carbocycles. The Morgan fingerprint density at radius 1 is 1.19 bits per heavy atom. The number of nitrogens with zero attached hydrogens (tertiary/aromatic N) is 2. The van der Waals surface area contributed by atoms with Crippen molar-refractivity contribution < 1.29 is 19.8 Å². The molecule has 2 aliphatic rings. The van der Waals surface area contributed by atoms with Gasteiger partial charge in [-0.1, -0.05) is 43.5 Å². The Labute approximate surface area is 178 Å². The second kappa shape index (κ2) is 7.39. The summed E-state index contributed by atoms with van der Waals surface area (Å²) >= 11 is 0. The van der Waals surface area contributed by atoms with E-state index in [-0.39, 0.29) is 11.9 Å². The Kier molecular flexibility index (Phi) is 4.66. The van der Waals surface area contributed by atoms with Crippen LogP contribution in [0.15, 0.2) is 42.5 Å². The van der Waals surface area contributed by atoms with E-state index >= 15 is 0 Å². The van der Waals surface area contributed by atoms with Crippen molar-refractivity contribution in [1.29, 1.82) is 0 Å². The smallest absolute Gasteiger partial charge is 0.411 e. The summed E-state index contributed by atoms with van der Waals surface area (Å²) < 4.78 is 0. The van der Waals surface area contributed by atoms with E-state index in [0.717, 1.165) is 25.7 Å². The molecule has 3 aromatic rings. The van der Waals surface area contributed by atoms with Crippen LogP contribution < -0.4 is 5.32 Å². The van der Waals surface area contributed by atoms with Crippen molar-refractivity contribution in [1.82, 2.24) is 14.9 Å². The monoisotopic (exact) mass is 420 g/mol. The Morgan fingerprint density at radius 2 is 1.97 bits per heavy atom. The third-order valence-electron chi connectivity index (χ3n) is 6.44. The van der Waals surface area contributed by atoms with Crippen LogP contribution in [-0.4, -0.2) is 43.6 Å². The van der Waals surface area contributed by atoms with Gasteiger partial charge in [0.15, 0.2) is 5.72 Å². The maximum atomic E-state index is 13.3. The molecular formula is C23H24N4O4. The van der Waals surface area contributed by atoms with Crippen molar-refractivity contribution >= 4 is 29.0 Å². The number of carbonyl (C=O) groups is 2. The van der Waals surface area contributed by atoms with Crippen LogP contribution in [0.2, 0.25) is 0 Å². The van der Waals surface area contributed by atoms with Gasteiger partial charge < -0.3 is 20.1 Å². The molecule has 4 N–H and O–H groups in total. The van der Waals surface area contributed by atoms with Crippen LogP contribution in [-0.2, 0) is 5.72 Å². The zero-order valence-corrected chi connectivity index (χ0v) is 17.0. The molecule has 0 saturated heterocycles. The number of hydrogen-bond acceptors (Lipinski definition) is 4. The minimum atomic E-state index is -1.59. The SMILES string of the molecule is O=C(O)Nc1nc2ccc(C3(O)c4ccccc4C(=O)N3CC3CCCCC3)cc2[nH]1. The van der Waals surface area contributed by atoms with Gasteiger partial charge in [-0.15, -0.1) is 0 Å². The number of nitrogens with one attached hydrogen (secondary N) is 2. The van der Waals surface area contributed by atoms with E-state index in [1.165, 1.54) is 6.42 Å². The molecule has 0 spiro atoms. The maximum Gasteiger partial charge on any atom is 0.411 e. The van der Waals surface area contributed by atoms with E-state index in [0.29, 0.717) is 40.2 Å². The lowest BCUT2D eigenvalue weighted by Crippen LogP contribution is -2.47. The van der Waals surface area contributed by atoms with Crippen LogP contribution >= 0.6 is 0 Å². The number of fused-ring (bicyclic) bond motifs is 2. The zero-order valence-electron chi connectivity index (χ0n) is 17.0. The van der Waals surface area contributed by atoms with Gasteiger partial charge in [0.05, 0.1) is 11.0 Å². The number of imidazole rings is 1. The van der Waals surface area contributed by atoms with Crippen LogP contribution in [0, 0.1) is 5.92 Å². The zero-order chi connectivity index (χ0) is 21.6. The number of anilines is 1. The first kappa shape index (κ1) is 19.6. The van der Waals surface area contributed by atoms with Gasteiger partial charge in [-0.05, 0) is 37.0 Å². The highest BCUT2D eigenvalue weighted by Gasteiger charge is 2.50. The van der Waals surface area contributed by atoms with E-state index in [9.17, 15) is 14.7 Å². The predicted octanol–water partition coefficient (Wildman–Crippen LogP) is 3.88. The first-order valence-corrected chi connectivity index (χ1v) is 10.6. The van der Waals surface area contributed by atoms with Crippen LogP contribution in [0.25, 0.3) is 11.0 Å². The summed E-state index contributed by atoms with van der Waals surface area (Å²) in [6.07, 6.45) is 4.42. The largest absolute Gasteiger partial charge is 0.465 e. The van der Waals surface area contributed by atoms with Crippen LogP contribution in [0.5, 0.6) is 0 Å². The fraction of sp³-hybridized carbons (Fsp3) is 0.348. The summed E-state index contributed by atoms with van der Waals surface area (Å²) in [4.78, 5) is 33.0. The number of rotatable bonds is 4. The number of carbonyl (C=O) groups excluding carboxylic acids is 1. The Morgan fingerprint density at radius 3 is 2.74 bits per heavy atom. The fourth-order valence-electron chi connectivity index (χ4n) is 4.95. The van der Waals surface area contributed by atoms with Gasteiger partial charge in [0.2, 0.25) is 5.95 Å². The minimum absolute atomic E-state index is 0.105. The molecule has 1 unspecified atom stereocenters. The summed E-state index contributed by atoms with van der Waals surface area (Å²) in [6.45, 7) is 0.497. The first-order valence-electron chi connectivity index (χ1n) is 10.6. The standard InChI is InChI=1S/C23H24N4O4/c28-20-16-8-4-5-9-17(16)23(31,27(20)13-14-6-2-1-3-7-14)15-10-11-18-19(12-15)25-21(24-18)26-22(29)30/h4-5,8-12,14,31H,1-3,6-7,13H2,(H,29,30)(H2,24,25,26). The molecule has 1 fully saturated rings. The number of hydrogen-bond donors (Lipinski definition) is 4. The Bertz CT molecular complexity index is 1170. The highest BCUT2D eigenvalue weighted by molar-refractivity contribution is 6.00. The Balaban J connectivity index is 1.59. The molecule has 0 radical (unpaired) electrons. The van der Waals surface area contributed by atoms with E-state index in [1.807, 2.05) is 12.1 Å². The predicted molar refractivity (Wildman–Crippen MR) is 115 cm³/mol. The number of benzene rings is 2. The average Bonchev–Trinajstić information content (AvgIpc) is 3.26. The number of carboxylic acid groups (broad SMARTS) is 1. The number of H-pyrrole nitrogens is 1. The van der Waals surface area contributed by atoms with Crippen molar-refractivity contribution in [3.8, 4) is 0 Å². The number of aliphatic hydroxyl groups is 1. The van der Waals surface area contributed by atoms with Gasteiger partial charge in [0.25, 0.3) is 5.91 Å². The molecule has 1 atom stereocenters. The van der Waals surface area contributed by atoms with Crippen molar-refractivity contribution in [2.45, 2.75) is 37.8 Å². The maximum absolute atomic E-state index is 13.3. The van der Waals surface area contributed by atoms with Gasteiger partial charge in [0, 0.05) is 23.2 Å². The van der Waals surface area contributed by atoms with Crippen LogP contribution in [0.3, 0.4) is 0 Å². The van der Waals surface area contributed by atoms with Crippen LogP contribution in [0.4, 0.5) is 10.7 Å². The average molecular weight is 420 g/mol. The molecule has 8 nitrogen and oxygen atoms in total. The summed E-state index contributed by atoms with van der Waals surface area (Å²) in [5.41, 5.74) is 1.17. The number of amides is 2. The van der Waals surface area contributed by atoms with E-state index < -0.39 is 11.8 Å². The second-order valence-corrected chi connectivity index (χ2v) is 8.39. The molecule has 0 bridgehead atoms. The van der Waals surface area contributed by atoms with Gasteiger partial charge in [-0.2, -0.15) is 0 Å². The molecule has 5 rings (SSSR count). The van der Waals surface area contributed by atoms with Crippen molar-refractivity contribution in [3.63, 3.8) is 0 Å². The topological polar surface area (TPSA) is 119 Å². The summed E-state index contributed by atoms with van der Waals surface area (Å²) in [5.74, 6) is 0.302. The number of aromatic nitrogens is 2. The molecule has 2 aromatic carbocycles. The van der Waals surface area contributed by atoms with E-state index in [1.54, 1.807) is 35.2 Å². The normalized spacial score (nSPS) is 21.5. The van der Waals surface area contributed by atoms with E-state index in [4.69, 9.17) is 5.11 Å². The molecule has 8 heteroatoms. The summed E-state index contributed by atoms with van der Waals surface area (Å²) in [7, 11) is 0. The molecular weight excluding hydrogens is 396 g/mol. The van der Waals surface area contributed by atoms with E-state index in [2.05, 4.69) is 15.3 Å². The van der Waals surface area contributed by atoms with Crippen LogP contribution in [0.1, 0.15) is 53.6 Å². The highest BCUT2D eigenvalue weighted by atomic mass is 16.4. The lowest BCUT2D eigenvalue weighted by Gasteiger charge is -2.38. The van der Waals surface area contributed by atoms with Crippen molar-refractivity contribution in [2.75, 3.05) is 11.9 Å². The third kappa shape index (κ3) is 3.23. The highest BCUT2D eigenvalue weighted by Crippen LogP contribution is 2.44. The molecule has 1 aliphatic carbocycles. The molecule has 1 aliphatic heterocycles. The van der Waals surface area contributed by atoms with Gasteiger partial charge >= 0.3 is 6.09 Å². The fourth-order valence-corrected chi connectivity index (χ4v) is 4.95. The summed E-state index contributed by atoms with van der Waals surface area (Å²) in [6, 6.07) is 12.4. The van der Waals surface area contributed by atoms with Crippen molar-refractivity contribution in [3.05, 3.63) is 59.2 Å². The molecule has 31 heavy (non-hydrogen) atoms. The van der Waals surface area contributed by atoms with Gasteiger partial charge in [0.1, 0.15) is 0 Å². The second-order valence-electron chi connectivity index (χ2n) is 8.39. The van der Waals surface area contributed by atoms with Gasteiger partial charge in [-0.3, -0.25) is 10.1 Å². The Hall–Kier alpha value is -3.39. The molecule has 1 aromatic heterocycles. The lowest BCUT2D eigenvalue weighted by molar-refractivity contribution is -0.0577. The summed E-state index contributed by atoms with van der Waals surface area (Å²) in [5, 5.41) is 23.2. The third-order valence-corrected chi connectivity index (χ3v) is 6.44. The minimum Gasteiger partial charge on any atom is -0.465 e. The quantitative estimate of drug-likeness (QED) is 0.511. The van der Waals surface area contributed by atoms with Gasteiger partial charge in [-0.25, -0.2) is 9.78 Å². The number of aromatic amines is 1. The lowest BCUT2D eigenvalue weighted by atomic mass is 9.87. The first-order chi connectivity index (χ1) is 15.0. The molecule has 160 valence electrons.